The lowest BCUT2D eigenvalue weighted by Gasteiger charge is -2.11. The Morgan fingerprint density at radius 3 is 2.96 bits per heavy atom. The van der Waals surface area contributed by atoms with Crippen LogP contribution in [0.1, 0.15) is 12.0 Å². The van der Waals surface area contributed by atoms with E-state index in [0.29, 0.717) is 23.5 Å². The van der Waals surface area contributed by atoms with Crippen LogP contribution in [0.15, 0.2) is 30.5 Å². The first-order chi connectivity index (χ1) is 11.0. The Kier molecular flexibility index (Phi) is 4.08. The first-order valence-electron chi connectivity index (χ1n) is 6.98. The van der Waals surface area contributed by atoms with E-state index in [1.165, 1.54) is 6.20 Å². The maximum Gasteiger partial charge on any atom is 0.249 e. The lowest BCUT2D eigenvalue weighted by atomic mass is 10.2. The Morgan fingerprint density at radius 2 is 2.22 bits per heavy atom. The van der Waals surface area contributed by atoms with E-state index in [1.54, 1.807) is 24.3 Å². The number of anilines is 3. The van der Waals surface area contributed by atoms with Gasteiger partial charge in [0.25, 0.3) is 0 Å². The molecular formula is C14H14N6O2S. The van der Waals surface area contributed by atoms with Gasteiger partial charge in [-0.1, -0.05) is 6.07 Å². The summed E-state index contributed by atoms with van der Waals surface area (Å²) in [6.45, 7) is 0. The summed E-state index contributed by atoms with van der Waals surface area (Å²) in [4.78, 5) is 4.26. The molecule has 0 bridgehead atoms. The lowest BCUT2D eigenvalue weighted by molar-refractivity contribution is 0.602. The molecule has 0 spiro atoms. The Hall–Kier alpha value is -2.73. The molecule has 0 aliphatic carbocycles. The fraction of sp³-hybridized carbons (Fsp3) is 0.286. The van der Waals surface area contributed by atoms with Crippen LogP contribution in [-0.2, 0) is 9.84 Å². The number of sulfone groups is 1. The van der Waals surface area contributed by atoms with E-state index >= 15 is 0 Å². The summed E-state index contributed by atoms with van der Waals surface area (Å²) in [5.74, 6) is 1.02. The third-order valence-corrected chi connectivity index (χ3v) is 5.16. The van der Waals surface area contributed by atoms with Crippen molar-refractivity contribution >= 4 is 27.3 Å². The third-order valence-electron chi connectivity index (χ3n) is 3.39. The Bertz CT molecular complexity index is 862. The van der Waals surface area contributed by atoms with E-state index in [1.807, 2.05) is 0 Å². The van der Waals surface area contributed by atoms with Crippen molar-refractivity contribution in [3.63, 3.8) is 0 Å². The molecule has 0 radical (unpaired) electrons. The van der Waals surface area contributed by atoms with Gasteiger partial charge in [0.05, 0.1) is 29.3 Å². The standard InChI is InChI=1S/C14H14N6O2S/c15-7-10-2-1-3-11(6-10)18-14-19-13(8-16-20-14)17-12-4-5-23(21,22)9-12/h1-3,6,8,12H,4-5,9H2,(H2,17,18,19,20). The first-order valence-corrected chi connectivity index (χ1v) is 8.80. The number of hydrogen-bond donors (Lipinski definition) is 2. The molecular weight excluding hydrogens is 316 g/mol. The zero-order chi connectivity index (χ0) is 16.3. The minimum Gasteiger partial charge on any atom is -0.365 e. The largest absolute Gasteiger partial charge is 0.365 e. The van der Waals surface area contributed by atoms with Gasteiger partial charge in [-0.3, -0.25) is 0 Å². The molecule has 118 valence electrons. The summed E-state index contributed by atoms with van der Waals surface area (Å²) in [5, 5.41) is 22.6. The number of nitrogens with one attached hydrogen (secondary N) is 2. The topological polar surface area (TPSA) is 121 Å². The maximum absolute atomic E-state index is 11.5. The van der Waals surface area contributed by atoms with Crippen LogP contribution in [0.4, 0.5) is 17.5 Å². The molecule has 1 atom stereocenters. The summed E-state index contributed by atoms with van der Waals surface area (Å²) in [7, 11) is -2.95. The molecule has 1 fully saturated rings. The van der Waals surface area contributed by atoms with Gasteiger partial charge < -0.3 is 10.6 Å². The van der Waals surface area contributed by atoms with Crippen LogP contribution in [0.2, 0.25) is 0 Å². The average Bonchev–Trinajstić information content (AvgIpc) is 2.86. The smallest absolute Gasteiger partial charge is 0.249 e. The predicted molar refractivity (Wildman–Crippen MR) is 84.9 cm³/mol. The second kappa shape index (κ2) is 6.18. The molecule has 1 aromatic carbocycles. The highest BCUT2D eigenvalue weighted by atomic mass is 32.2. The molecule has 1 saturated heterocycles. The molecule has 3 rings (SSSR count). The first kappa shape index (κ1) is 15.2. The zero-order valence-corrected chi connectivity index (χ0v) is 12.9. The van der Waals surface area contributed by atoms with Crippen molar-refractivity contribution in [3.05, 3.63) is 36.0 Å². The van der Waals surface area contributed by atoms with Gasteiger partial charge in [0.15, 0.2) is 15.7 Å². The lowest BCUT2D eigenvalue weighted by Crippen LogP contribution is -2.21. The number of rotatable bonds is 4. The zero-order valence-electron chi connectivity index (χ0n) is 12.1. The minimum absolute atomic E-state index is 0.101. The molecule has 0 amide bonds. The normalized spacial score (nSPS) is 19.0. The van der Waals surface area contributed by atoms with Crippen LogP contribution in [-0.4, -0.2) is 41.1 Å². The molecule has 2 heterocycles. The summed E-state index contributed by atoms with van der Waals surface area (Å²) in [5.41, 5.74) is 1.19. The van der Waals surface area contributed by atoms with Crippen LogP contribution in [0.25, 0.3) is 0 Å². The fourth-order valence-corrected chi connectivity index (χ4v) is 4.01. The molecule has 2 N–H and O–H groups in total. The maximum atomic E-state index is 11.5. The highest BCUT2D eigenvalue weighted by Crippen LogP contribution is 2.18. The second-order valence-electron chi connectivity index (χ2n) is 5.23. The highest BCUT2D eigenvalue weighted by molar-refractivity contribution is 7.91. The van der Waals surface area contributed by atoms with E-state index in [4.69, 9.17) is 5.26 Å². The third kappa shape index (κ3) is 3.92. The van der Waals surface area contributed by atoms with E-state index in [-0.39, 0.29) is 23.5 Å². The molecule has 9 heteroatoms. The van der Waals surface area contributed by atoms with Gasteiger partial charge in [-0.25, -0.2) is 8.42 Å². The van der Waals surface area contributed by atoms with Crippen LogP contribution in [0.3, 0.4) is 0 Å². The number of benzene rings is 1. The van der Waals surface area contributed by atoms with E-state index in [9.17, 15) is 8.42 Å². The fourth-order valence-electron chi connectivity index (χ4n) is 2.34. The monoisotopic (exact) mass is 330 g/mol. The summed E-state index contributed by atoms with van der Waals surface area (Å²) >= 11 is 0. The second-order valence-corrected chi connectivity index (χ2v) is 7.46. The van der Waals surface area contributed by atoms with E-state index < -0.39 is 9.84 Å². The molecule has 1 aliphatic rings. The van der Waals surface area contributed by atoms with Gasteiger partial charge in [-0.15, -0.1) is 5.10 Å². The van der Waals surface area contributed by atoms with Gasteiger partial charge in [-0.05, 0) is 24.6 Å². The van der Waals surface area contributed by atoms with Crippen LogP contribution < -0.4 is 10.6 Å². The number of nitriles is 1. The van der Waals surface area contributed by atoms with Gasteiger partial charge >= 0.3 is 0 Å². The van der Waals surface area contributed by atoms with Gasteiger partial charge in [0.2, 0.25) is 5.95 Å². The molecule has 1 aliphatic heterocycles. The van der Waals surface area contributed by atoms with Gasteiger partial charge in [0.1, 0.15) is 0 Å². The quantitative estimate of drug-likeness (QED) is 0.854. The van der Waals surface area contributed by atoms with Crippen molar-refractivity contribution in [2.45, 2.75) is 12.5 Å². The molecule has 23 heavy (non-hydrogen) atoms. The molecule has 8 nitrogen and oxygen atoms in total. The van der Waals surface area contributed by atoms with Gasteiger partial charge in [0, 0.05) is 11.7 Å². The van der Waals surface area contributed by atoms with Crippen molar-refractivity contribution in [2.75, 3.05) is 22.1 Å². The molecule has 2 aromatic rings. The Balaban J connectivity index is 1.71. The van der Waals surface area contributed by atoms with Gasteiger partial charge in [-0.2, -0.15) is 15.3 Å². The summed E-state index contributed by atoms with van der Waals surface area (Å²) in [6, 6.07) is 8.80. The molecule has 1 aromatic heterocycles. The van der Waals surface area contributed by atoms with Crippen molar-refractivity contribution in [1.29, 1.82) is 5.26 Å². The number of nitrogens with zero attached hydrogens (tertiary/aromatic N) is 4. The summed E-state index contributed by atoms with van der Waals surface area (Å²) in [6.07, 6.45) is 2.00. The minimum atomic E-state index is -2.95. The Labute approximate surface area is 133 Å². The summed E-state index contributed by atoms with van der Waals surface area (Å²) < 4.78 is 22.9. The molecule has 1 unspecified atom stereocenters. The SMILES string of the molecule is N#Cc1cccc(Nc2nncc(NC3CCS(=O)(=O)C3)n2)c1. The average molecular weight is 330 g/mol. The van der Waals surface area contributed by atoms with Crippen LogP contribution in [0.5, 0.6) is 0 Å². The van der Waals surface area contributed by atoms with Crippen molar-refractivity contribution in [1.82, 2.24) is 15.2 Å². The van der Waals surface area contributed by atoms with Crippen molar-refractivity contribution in [3.8, 4) is 6.07 Å². The highest BCUT2D eigenvalue weighted by Gasteiger charge is 2.28. The van der Waals surface area contributed by atoms with Crippen molar-refractivity contribution < 1.29 is 8.42 Å². The Morgan fingerprint density at radius 1 is 1.35 bits per heavy atom. The van der Waals surface area contributed by atoms with Crippen LogP contribution >= 0.6 is 0 Å². The number of aromatic nitrogens is 3. The predicted octanol–water partition coefficient (Wildman–Crippen LogP) is 1.09. The molecule has 0 saturated carbocycles. The van der Waals surface area contributed by atoms with Crippen molar-refractivity contribution in [2.24, 2.45) is 0 Å². The van der Waals surface area contributed by atoms with E-state index in [0.717, 1.165) is 0 Å². The van der Waals surface area contributed by atoms with E-state index in [2.05, 4.69) is 31.9 Å². The van der Waals surface area contributed by atoms with Crippen LogP contribution in [0, 0.1) is 11.3 Å². The number of hydrogen-bond acceptors (Lipinski definition) is 8.